The summed E-state index contributed by atoms with van der Waals surface area (Å²) in [6, 6.07) is 2.44. The normalized spacial score (nSPS) is 9.50. The Morgan fingerprint density at radius 3 is 2.58 bits per heavy atom. The van der Waals surface area contributed by atoms with Gasteiger partial charge in [0, 0.05) is 0 Å². The summed E-state index contributed by atoms with van der Waals surface area (Å²) in [4.78, 5) is 0. The molecule has 0 atom stereocenters. The zero-order valence-corrected chi connectivity index (χ0v) is 6.36. The fourth-order valence-corrected chi connectivity index (χ4v) is 0.855. The van der Waals surface area contributed by atoms with Crippen molar-refractivity contribution in [3.8, 4) is 6.07 Å². The minimum Gasteiger partial charge on any atom is -0.396 e. The second-order valence-electron chi connectivity index (χ2n) is 2.39. The fraction of sp³-hybridized carbons (Fsp3) is 0.125. The minimum atomic E-state index is -0.977. The summed E-state index contributed by atoms with van der Waals surface area (Å²) in [5, 5.41) is 8.33. The summed E-state index contributed by atoms with van der Waals surface area (Å²) in [7, 11) is 0. The van der Waals surface area contributed by atoms with Gasteiger partial charge in [0.2, 0.25) is 0 Å². The van der Waals surface area contributed by atoms with Crippen LogP contribution in [0, 0.1) is 29.9 Å². The minimum absolute atomic E-state index is 0.173. The molecule has 62 valence electrons. The van der Waals surface area contributed by atoms with Crippen LogP contribution in [0.5, 0.6) is 0 Å². The van der Waals surface area contributed by atoms with Gasteiger partial charge in [-0.3, -0.25) is 0 Å². The number of rotatable bonds is 0. The maximum absolute atomic E-state index is 12.9. The number of nitriles is 1. The number of benzene rings is 1. The molecule has 12 heavy (non-hydrogen) atoms. The van der Waals surface area contributed by atoms with Gasteiger partial charge in [-0.25, -0.2) is 8.78 Å². The van der Waals surface area contributed by atoms with Gasteiger partial charge in [-0.1, -0.05) is 0 Å². The van der Waals surface area contributed by atoms with Crippen molar-refractivity contribution in [3.05, 3.63) is 28.8 Å². The van der Waals surface area contributed by atoms with Crippen molar-refractivity contribution in [2.75, 3.05) is 5.73 Å². The molecule has 0 unspecified atom stereocenters. The van der Waals surface area contributed by atoms with E-state index in [4.69, 9.17) is 11.0 Å². The molecule has 0 heterocycles. The number of anilines is 1. The molecule has 0 spiro atoms. The van der Waals surface area contributed by atoms with Crippen molar-refractivity contribution in [2.24, 2.45) is 0 Å². The highest BCUT2D eigenvalue weighted by atomic mass is 19.1. The van der Waals surface area contributed by atoms with Crippen molar-refractivity contribution in [2.45, 2.75) is 6.92 Å². The first-order chi connectivity index (χ1) is 5.57. The first-order valence-corrected chi connectivity index (χ1v) is 3.22. The highest BCUT2D eigenvalue weighted by Crippen LogP contribution is 2.21. The van der Waals surface area contributed by atoms with Crippen LogP contribution in [-0.2, 0) is 0 Å². The van der Waals surface area contributed by atoms with Gasteiger partial charge in [0.15, 0.2) is 5.82 Å². The standard InChI is InChI=1S/C8H6F2N2/c1-4-2-6(9)5(3-11)7(10)8(4)12/h2H,12H2,1H3. The number of aryl methyl sites for hydroxylation is 1. The molecule has 1 aromatic rings. The number of hydrogen-bond donors (Lipinski definition) is 1. The van der Waals surface area contributed by atoms with E-state index in [0.717, 1.165) is 6.07 Å². The van der Waals surface area contributed by atoms with Gasteiger partial charge >= 0.3 is 0 Å². The smallest absolute Gasteiger partial charge is 0.167 e. The summed E-state index contributed by atoms with van der Waals surface area (Å²) < 4.78 is 25.7. The van der Waals surface area contributed by atoms with Crippen LogP contribution >= 0.6 is 0 Å². The number of hydrogen-bond acceptors (Lipinski definition) is 2. The van der Waals surface area contributed by atoms with Crippen LogP contribution in [0.2, 0.25) is 0 Å². The van der Waals surface area contributed by atoms with Crippen LogP contribution < -0.4 is 5.73 Å². The average molecular weight is 168 g/mol. The van der Waals surface area contributed by atoms with Gasteiger partial charge in [0.25, 0.3) is 0 Å². The van der Waals surface area contributed by atoms with Crippen LogP contribution in [0.15, 0.2) is 6.07 Å². The Kier molecular flexibility index (Phi) is 1.96. The van der Waals surface area contributed by atoms with Crippen molar-refractivity contribution in [3.63, 3.8) is 0 Å². The summed E-state index contributed by atoms with van der Waals surface area (Å²) in [6.45, 7) is 1.47. The topological polar surface area (TPSA) is 49.8 Å². The van der Waals surface area contributed by atoms with Crippen LogP contribution in [0.3, 0.4) is 0 Å². The zero-order chi connectivity index (χ0) is 9.30. The molecule has 0 aliphatic heterocycles. The van der Waals surface area contributed by atoms with Gasteiger partial charge in [-0.15, -0.1) is 0 Å². The first-order valence-electron chi connectivity index (χ1n) is 3.22. The van der Waals surface area contributed by atoms with Crippen LogP contribution in [0.4, 0.5) is 14.5 Å². The van der Waals surface area contributed by atoms with E-state index in [9.17, 15) is 8.78 Å². The van der Waals surface area contributed by atoms with Crippen molar-refractivity contribution >= 4 is 5.69 Å². The molecule has 0 fully saturated rings. The molecule has 0 aliphatic rings. The lowest BCUT2D eigenvalue weighted by Gasteiger charge is -2.03. The van der Waals surface area contributed by atoms with E-state index in [1.807, 2.05) is 0 Å². The Bertz CT molecular complexity index is 366. The SMILES string of the molecule is Cc1cc(F)c(C#N)c(F)c1N. The van der Waals surface area contributed by atoms with Gasteiger partial charge in [0.1, 0.15) is 17.4 Å². The molecular formula is C8H6F2N2. The van der Waals surface area contributed by atoms with Gasteiger partial charge in [-0.2, -0.15) is 5.26 Å². The van der Waals surface area contributed by atoms with Gasteiger partial charge in [-0.05, 0) is 18.6 Å². The van der Waals surface area contributed by atoms with Crippen LogP contribution in [-0.4, -0.2) is 0 Å². The van der Waals surface area contributed by atoms with Crippen LogP contribution in [0.25, 0.3) is 0 Å². The quantitative estimate of drug-likeness (QED) is 0.599. The Balaban J connectivity index is 3.54. The third kappa shape index (κ3) is 1.10. The second-order valence-corrected chi connectivity index (χ2v) is 2.39. The molecule has 0 amide bonds. The monoisotopic (exact) mass is 168 g/mol. The largest absolute Gasteiger partial charge is 0.396 e. The third-order valence-electron chi connectivity index (χ3n) is 1.57. The van der Waals surface area contributed by atoms with E-state index in [1.54, 1.807) is 0 Å². The second kappa shape index (κ2) is 2.78. The maximum atomic E-state index is 12.9. The van der Waals surface area contributed by atoms with Crippen LogP contribution in [0.1, 0.15) is 11.1 Å². The number of nitrogen functional groups attached to an aromatic ring is 1. The summed E-state index contributed by atoms with van der Waals surface area (Å²) in [5.41, 5.74) is 4.73. The maximum Gasteiger partial charge on any atom is 0.167 e. The lowest BCUT2D eigenvalue weighted by atomic mass is 10.1. The lowest BCUT2D eigenvalue weighted by Crippen LogP contribution is -2.00. The first kappa shape index (κ1) is 8.47. The van der Waals surface area contributed by atoms with Gasteiger partial charge in [0.05, 0.1) is 5.69 Å². The zero-order valence-electron chi connectivity index (χ0n) is 6.36. The van der Waals surface area contributed by atoms with E-state index >= 15 is 0 Å². The highest BCUT2D eigenvalue weighted by Gasteiger charge is 2.13. The average Bonchev–Trinajstić information content (AvgIpc) is 2.01. The molecule has 0 aromatic heterocycles. The predicted molar refractivity (Wildman–Crippen MR) is 40.2 cm³/mol. The Morgan fingerprint density at radius 1 is 1.50 bits per heavy atom. The number of nitrogens with two attached hydrogens (primary N) is 1. The Morgan fingerprint density at radius 2 is 2.08 bits per heavy atom. The van der Waals surface area contributed by atoms with E-state index in [2.05, 4.69) is 0 Å². The highest BCUT2D eigenvalue weighted by molar-refractivity contribution is 5.53. The molecule has 0 aliphatic carbocycles. The van der Waals surface area contributed by atoms with Crippen molar-refractivity contribution in [1.82, 2.24) is 0 Å². The Hall–Kier alpha value is -1.63. The molecule has 0 bridgehead atoms. The van der Waals surface area contributed by atoms with E-state index in [-0.39, 0.29) is 5.69 Å². The summed E-state index contributed by atoms with van der Waals surface area (Å²) >= 11 is 0. The lowest BCUT2D eigenvalue weighted by molar-refractivity contribution is 0.578. The molecule has 1 rings (SSSR count). The van der Waals surface area contributed by atoms with Crippen molar-refractivity contribution in [1.29, 1.82) is 5.26 Å². The molecule has 2 N–H and O–H groups in total. The molecule has 0 saturated carbocycles. The van der Waals surface area contributed by atoms with Gasteiger partial charge < -0.3 is 5.73 Å². The molecule has 0 saturated heterocycles. The number of nitrogens with zero attached hydrogens (tertiary/aromatic N) is 1. The van der Waals surface area contributed by atoms with Crippen molar-refractivity contribution < 1.29 is 8.78 Å². The molecular weight excluding hydrogens is 162 g/mol. The summed E-state index contributed by atoms with van der Waals surface area (Å²) in [6.07, 6.45) is 0. The molecule has 0 radical (unpaired) electrons. The summed E-state index contributed by atoms with van der Waals surface area (Å²) in [5.74, 6) is -1.85. The molecule has 2 nitrogen and oxygen atoms in total. The molecule has 1 aromatic carbocycles. The van der Waals surface area contributed by atoms with E-state index in [1.165, 1.54) is 13.0 Å². The number of halogens is 2. The predicted octanol–water partition coefficient (Wildman–Crippen LogP) is 1.73. The Labute approximate surface area is 68.2 Å². The third-order valence-corrected chi connectivity index (χ3v) is 1.57. The molecule has 4 heteroatoms. The fourth-order valence-electron chi connectivity index (χ4n) is 0.855. The van der Waals surface area contributed by atoms with E-state index < -0.39 is 17.2 Å². The van der Waals surface area contributed by atoms with E-state index in [0.29, 0.717) is 5.56 Å².